The van der Waals surface area contributed by atoms with Gasteiger partial charge in [-0.2, -0.15) is 0 Å². The van der Waals surface area contributed by atoms with E-state index in [9.17, 15) is 14.0 Å². The van der Waals surface area contributed by atoms with Gasteiger partial charge in [0.1, 0.15) is 11.6 Å². The molecule has 0 aliphatic carbocycles. The fourth-order valence-electron chi connectivity index (χ4n) is 2.32. The van der Waals surface area contributed by atoms with Crippen LogP contribution in [-0.4, -0.2) is 18.5 Å². The number of para-hydroxylation sites is 3. The third-order valence-electron chi connectivity index (χ3n) is 3.62. The summed E-state index contributed by atoms with van der Waals surface area (Å²) in [7, 11) is 0. The van der Waals surface area contributed by atoms with Crippen LogP contribution in [0.2, 0.25) is 5.02 Å². The zero-order chi connectivity index (χ0) is 19.9. The number of nitrogens with one attached hydrogen (secondary N) is 1. The molecule has 142 valence electrons. The van der Waals surface area contributed by atoms with E-state index >= 15 is 0 Å². The number of carbonyl (C=O) groups is 2. The number of amides is 1. The highest BCUT2D eigenvalue weighted by molar-refractivity contribution is 6.33. The van der Waals surface area contributed by atoms with Gasteiger partial charge in [0.25, 0.3) is 5.91 Å². The quantitative estimate of drug-likeness (QED) is 0.588. The largest absolute Gasteiger partial charge is 0.455 e. The lowest BCUT2D eigenvalue weighted by Gasteiger charge is -2.12. The number of benzene rings is 3. The molecule has 0 bridgehead atoms. The lowest BCUT2D eigenvalue weighted by atomic mass is 10.2. The van der Waals surface area contributed by atoms with Crippen LogP contribution in [0.3, 0.4) is 0 Å². The first-order chi connectivity index (χ1) is 13.5. The summed E-state index contributed by atoms with van der Waals surface area (Å²) in [5, 5.41) is 2.54. The molecule has 0 saturated carbocycles. The van der Waals surface area contributed by atoms with Crippen molar-refractivity contribution in [1.82, 2.24) is 0 Å². The van der Waals surface area contributed by atoms with Crippen LogP contribution in [0.15, 0.2) is 72.8 Å². The Bertz CT molecular complexity index is 995. The molecule has 0 aliphatic heterocycles. The molecule has 7 heteroatoms. The Labute approximate surface area is 165 Å². The predicted molar refractivity (Wildman–Crippen MR) is 103 cm³/mol. The smallest absolute Gasteiger partial charge is 0.340 e. The molecule has 3 aromatic carbocycles. The van der Waals surface area contributed by atoms with E-state index in [4.69, 9.17) is 21.1 Å². The van der Waals surface area contributed by atoms with E-state index in [2.05, 4.69) is 5.32 Å². The Morgan fingerprint density at radius 2 is 1.68 bits per heavy atom. The minimum atomic E-state index is -0.825. The number of ether oxygens (including phenoxy) is 2. The molecule has 0 radical (unpaired) electrons. The summed E-state index contributed by atoms with van der Waals surface area (Å²) in [4.78, 5) is 24.2. The molecule has 0 saturated heterocycles. The molecular formula is C21H15ClFNO4. The number of hydrogen-bond donors (Lipinski definition) is 1. The first-order valence-corrected chi connectivity index (χ1v) is 8.64. The van der Waals surface area contributed by atoms with Crippen molar-refractivity contribution >= 4 is 29.2 Å². The standard InChI is InChI=1S/C21H15ClFNO4/c22-17-12-14(23)10-11-16(17)21(26)27-13-20(25)24-18-8-4-5-9-19(18)28-15-6-2-1-3-7-15/h1-12H,13H2,(H,24,25). The Morgan fingerprint density at radius 3 is 2.43 bits per heavy atom. The van der Waals surface area contributed by atoms with Crippen molar-refractivity contribution in [3.05, 3.63) is 89.2 Å². The van der Waals surface area contributed by atoms with Crippen molar-refractivity contribution in [1.29, 1.82) is 0 Å². The summed E-state index contributed by atoms with van der Waals surface area (Å²) >= 11 is 5.81. The first kappa shape index (κ1) is 19.4. The number of anilines is 1. The van der Waals surface area contributed by atoms with Gasteiger partial charge in [-0.3, -0.25) is 4.79 Å². The molecule has 0 spiro atoms. The second-order valence-corrected chi connectivity index (χ2v) is 6.07. The number of hydrogen-bond acceptors (Lipinski definition) is 4. The summed E-state index contributed by atoms with van der Waals surface area (Å²) < 4.78 is 23.7. The molecule has 0 unspecified atom stereocenters. The summed E-state index contributed by atoms with van der Waals surface area (Å²) in [5.74, 6) is -0.907. The van der Waals surface area contributed by atoms with Gasteiger partial charge >= 0.3 is 5.97 Å². The first-order valence-electron chi connectivity index (χ1n) is 8.27. The molecule has 5 nitrogen and oxygen atoms in total. The highest BCUT2D eigenvalue weighted by Crippen LogP contribution is 2.29. The van der Waals surface area contributed by atoms with Crippen LogP contribution >= 0.6 is 11.6 Å². The summed E-state index contributed by atoms with van der Waals surface area (Å²) in [6.07, 6.45) is 0. The SMILES string of the molecule is O=C(COC(=O)c1ccc(F)cc1Cl)Nc1ccccc1Oc1ccccc1. The number of rotatable bonds is 6. The maximum absolute atomic E-state index is 13.0. The molecular weight excluding hydrogens is 385 g/mol. The van der Waals surface area contributed by atoms with Crippen molar-refractivity contribution in [2.24, 2.45) is 0 Å². The van der Waals surface area contributed by atoms with Gasteiger partial charge in [0.2, 0.25) is 0 Å². The van der Waals surface area contributed by atoms with Crippen molar-refractivity contribution in [3.8, 4) is 11.5 Å². The lowest BCUT2D eigenvalue weighted by molar-refractivity contribution is -0.119. The molecule has 3 aromatic rings. The average Bonchev–Trinajstić information content (AvgIpc) is 2.68. The molecule has 1 amide bonds. The molecule has 28 heavy (non-hydrogen) atoms. The second kappa shape index (κ2) is 9.01. The fraction of sp³-hybridized carbons (Fsp3) is 0.0476. The van der Waals surface area contributed by atoms with E-state index < -0.39 is 24.3 Å². The van der Waals surface area contributed by atoms with Gasteiger partial charge in [-0.05, 0) is 42.5 Å². The van der Waals surface area contributed by atoms with E-state index in [0.717, 1.165) is 12.1 Å². The van der Waals surface area contributed by atoms with Crippen molar-refractivity contribution in [3.63, 3.8) is 0 Å². The molecule has 1 N–H and O–H groups in total. The van der Waals surface area contributed by atoms with Crippen LogP contribution in [0.25, 0.3) is 0 Å². The van der Waals surface area contributed by atoms with E-state index in [1.807, 2.05) is 18.2 Å². The fourth-order valence-corrected chi connectivity index (χ4v) is 2.57. The van der Waals surface area contributed by atoms with Crippen LogP contribution in [0.4, 0.5) is 10.1 Å². The molecule has 0 fully saturated rings. The maximum Gasteiger partial charge on any atom is 0.340 e. The van der Waals surface area contributed by atoms with Crippen LogP contribution in [0, 0.1) is 5.82 Å². The van der Waals surface area contributed by atoms with Crippen LogP contribution in [0.5, 0.6) is 11.5 Å². The van der Waals surface area contributed by atoms with E-state index in [1.165, 1.54) is 6.07 Å². The molecule has 0 heterocycles. The Kier molecular flexibility index (Phi) is 6.24. The van der Waals surface area contributed by atoms with Crippen molar-refractivity contribution < 1.29 is 23.5 Å². The zero-order valence-corrected chi connectivity index (χ0v) is 15.3. The summed E-state index contributed by atoms with van der Waals surface area (Å²) in [6, 6.07) is 19.2. The number of halogens is 2. The average molecular weight is 400 g/mol. The molecule has 0 aromatic heterocycles. The van der Waals surface area contributed by atoms with Crippen LogP contribution < -0.4 is 10.1 Å². The van der Waals surface area contributed by atoms with Gasteiger partial charge in [0.05, 0.1) is 16.3 Å². The van der Waals surface area contributed by atoms with Gasteiger partial charge in [-0.1, -0.05) is 41.9 Å². The lowest BCUT2D eigenvalue weighted by Crippen LogP contribution is -2.21. The minimum Gasteiger partial charge on any atom is -0.455 e. The topological polar surface area (TPSA) is 64.6 Å². The van der Waals surface area contributed by atoms with Crippen LogP contribution in [-0.2, 0) is 9.53 Å². The van der Waals surface area contributed by atoms with E-state index in [0.29, 0.717) is 17.2 Å². The molecule has 3 rings (SSSR count). The Balaban J connectivity index is 1.61. The Hall–Kier alpha value is -3.38. The molecule has 0 aliphatic rings. The third-order valence-corrected chi connectivity index (χ3v) is 3.93. The van der Waals surface area contributed by atoms with Gasteiger partial charge in [0.15, 0.2) is 12.4 Å². The van der Waals surface area contributed by atoms with E-state index in [-0.39, 0.29) is 10.6 Å². The predicted octanol–water partition coefficient (Wildman–Crippen LogP) is 5.07. The second-order valence-electron chi connectivity index (χ2n) is 5.66. The number of carbonyl (C=O) groups excluding carboxylic acids is 2. The Morgan fingerprint density at radius 1 is 0.964 bits per heavy atom. The highest BCUT2D eigenvalue weighted by Gasteiger charge is 2.15. The normalized spacial score (nSPS) is 10.2. The highest BCUT2D eigenvalue weighted by atomic mass is 35.5. The van der Waals surface area contributed by atoms with Gasteiger partial charge in [0, 0.05) is 0 Å². The van der Waals surface area contributed by atoms with Crippen molar-refractivity contribution in [2.75, 3.05) is 11.9 Å². The molecule has 0 atom stereocenters. The maximum atomic E-state index is 13.0. The number of esters is 1. The third kappa shape index (κ3) is 5.08. The summed E-state index contributed by atoms with van der Waals surface area (Å²) in [5.41, 5.74) is 0.399. The van der Waals surface area contributed by atoms with E-state index in [1.54, 1.807) is 36.4 Å². The zero-order valence-electron chi connectivity index (χ0n) is 14.5. The van der Waals surface area contributed by atoms with Gasteiger partial charge in [-0.25, -0.2) is 9.18 Å². The van der Waals surface area contributed by atoms with Gasteiger partial charge in [-0.15, -0.1) is 0 Å². The monoisotopic (exact) mass is 399 g/mol. The van der Waals surface area contributed by atoms with Gasteiger partial charge < -0.3 is 14.8 Å². The van der Waals surface area contributed by atoms with Crippen molar-refractivity contribution in [2.45, 2.75) is 0 Å². The van der Waals surface area contributed by atoms with Crippen LogP contribution in [0.1, 0.15) is 10.4 Å². The summed E-state index contributed by atoms with van der Waals surface area (Å²) in [6.45, 7) is -0.536. The minimum absolute atomic E-state index is 0.0244.